The molecule has 1 aliphatic rings. The molecule has 0 bridgehead atoms. The lowest BCUT2D eigenvalue weighted by Gasteiger charge is -2.03. The van der Waals surface area contributed by atoms with E-state index in [-0.39, 0.29) is 5.24 Å². The first-order valence-electron chi connectivity index (χ1n) is 8.09. The average Bonchev–Trinajstić information content (AvgIpc) is 3.24. The van der Waals surface area contributed by atoms with Gasteiger partial charge < -0.3 is 9.73 Å². The van der Waals surface area contributed by atoms with E-state index in [0.717, 1.165) is 11.8 Å². The minimum absolute atomic E-state index is 0.208. The van der Waals surface area contributed by atoms with Crippen molar-refractivity contribution in [2.75, 3.05) is 0 Å². The van der Waals surface area contributed by atoms with Crippen molar-refractivity contribution in [3.05, 3.63) is 80.3 Å². The molecule has 3 aromatic rings. The van der Waals surface area contributed by atoms with Crippen molar-refractivity contribution in [3.63, 3.8) is 0 Å². The number of rotatable bonds is 3. The summed E-state index contributed by atoms with van der Waals surface area (Å²) < 4.78 is 5.87. The fourth-order valence-corrected chi connectivity index (χ4v) is 4.01. The van der Waals surface area contributed by atoms with Crippen LogP contribution in [-0.4, -0.2) is 11.1 Å². The molecule has 8 heteroatoms. The Hall–Kier alpha value is -2.18. The minimum atomic E-state index is -0.208. The third kappa shape index (κ3) is 4.13. The van der Waals surface area contributed by atoms with Gasteiger partial charge in [-0.1, -0.05) is 40.9 Å². The van der Waals surface area contributed by atoms with Crippen LogP contribution in [0.3, 0.4) is 0 Å². The van der Waals surface area contributed by atoms with Gasteiger partial charge in [-0.05, 0) is 66.4 Å². The summed E-state index contributed by atoms with van der Waals surface area (Å²) in [6, 6.07) is 15.8. The summed E-state index contributed by atoms with van der Waals surface area (Å²) in [7, 11) is 0. The summed E-state index contributed by atoms with van der Waals surface area (Å²) in [5.41, 5.74) is 1.30. The van der Waals surface area contributed by atoms with Crippen LogP contribution in [0.25, 0.3) is 17.4 Å². The third-order valence-electron chi connectivity index (χ3n) is 3.83. The van der Waals surface area contributed by atoms with Gasteiger partial charge in [-0.15, -0.1) is 0 Å². The summed E-state index contributed by atoms with van der Waals surface area (Å²) in [6.45, 7) is 0. The maximum absolute atomic E-state index is 11.9. The Bertz CT molecular complexity index is 1100. The Morgan fingerprint density at radius 3 is 2.39 bits per heavy atom. The molecular formula is C20H11Cl3N2O2S. The number of thioether (sulfide) groups is 1. The fourth-order valence-electron chi connectivity index (χ4n) is 2.58. The van der Waals surface area contributed by atoms with Gasteiger partial charge in [0.1, 0.15) is 17.4 Å². The van der Waals surface area contributed by atoms with Gasteiger partial charge in [0.05, 0.1) is 26.2 Å². The highest BCUT2D eigenvalue weighted by atomic mass is 35.5. The van der Waals surface area contributed by atoms with E-state index < -0.39 is 0 Å². The van der Waals surface area contributed by atoms with Crippen molar-refractivity contribution in [3.8, 4) is 11.3 Å². The number of halogens is 3. The van der Waals surface area contributed by atoms with Crippen LogP contribution in [0.5, 0.6) is 0 Å². The number of aliphatic imine (C=N–C) groups is 1. The third-order valence-corrected chi connectivity index (χ3v) is 5.53. The standard InChI is InChI=1S/C20H11Cl3N2O2S/c21-11-4-6-12(7-5-11)24-19-17(28-20(26)25-19)10-13-8-9-16(27-13)18-14(22)2-1-3-15(18)23/h1-10H,(H,24,25,26). The van der Waals surface area contributed by atoms with Crippen LogP contribution < -0.4 is 5.32 Å². The average molecular weight is 450 g/mol. The molecule has 0 saturated carbocycles. The zero-order chi connectivity index (χ0) is 19.7. The van der Waals surface area contributed by atoms with Gasteiger partial charge in [0.15, 0.2) is 0 Å². The zero-order valence-corrected chi connectivity index (χ0v) is 17.2. The van der Waals surface area contributed by atoms with Crippen molar-refractivity contribution < 1.29 is 9.21 Å². The molecule has 0 spiro atoms. The second kappa shape index (κ2) is 8.05. The molecule has 1 N–H and O–H groups in total. The maximum atomic E-state index is 11.9. The number of hydrogen-bond donors (Lipinski definition) is 1. The van der Waals surface area contributed by atoms with Gasteiger partial charge in [0.25, 0.3) is 5.24 Å². The first-order chi connectivity index (χ1) is 13.5. The quantitative estimate of drug-likeness (QED) is 0.452. The SMILES string of the molecule is O=C1NC(=Nc2ccc(Cl)cc2)C(=Cc2ccc(-c3c(Cl)cccc3Cl)o2)S1. The summed E-state index contributed by atoms with van der Waals surface area (Å²) in [6.07, 6.45) is 1.74. The van der Waals surface area contributed by atoms with Crippen molar-refractivity contribution in [2.45, 2.75) is 0 Å². The van der Waals surface area contributed by atoms with Gasteiger partial charge in [-0.25, -0.2) is 4.99 Å². The van der Waals surface area contributed by atoms with E-state index >= 15 is 0 Å². The number of nitrogens with one attached hydrogen (secondary N) is 1. The first-order valence-corrected chi connectivity index (χ1v) is 10.0. The lowest BCUT2D eigenvalue weighted by molar-refractivity contribution is 0.265. The molecule has 1 saturated heterocycles. The van der Waals surface area contributed by atoms with Crippen LogP contribution >= 0.6 is 46.6 Å². The maximum Gasteiger partial charge on any atom is 0.289 e. The largest absolute Gasteiger partial charge is 0.457 e. The molecule has 0 atom stereocenters. The van der Waals surface area contributed by atoms with Crippen molar-refractivity contribution in [1.82, 2.24) is 5.32 Å². The van der Waals surface area contributed by atoms with E-state index in [2.05, 4.69) is 10.3 Å². The number of hydrogen-bond acceptors (Lipinski definition) is 4. The molecule has 2 aromatic carbocycles. The highest BCUT2D eigenvalue weighted by molar-refractivity contribution is 8.18. The van der Waals surface area contributed by atoms with E-state index in [1.807, 2.05) is 0 Å². The van der Waals surface area contributed by atoms with Crippen LogP contribution in [0.2, 0.25) is 15.1 Å². The minimum Gasteiger partial charge on any atom is -0.457 e. The normalized spacial score (nSPS) is 16.8. The predicted octanol–water partition coefficient (Wildman–Crippen LogP) is 7.43. The molecule has 4 nitrogen and oxygen atoms in total. The fraction of sp³-hybridized carbons (Fsp3) is 0. The smallest absolute Gasteiger partial charge is 0.289 e. The van der Waals surface area contributed by atoms with E-state index in [1.165, 1.54) is 0 Å². The molecule has 1 fully saturated rings. The number of benzene rings is 2. The second-order valence-corrected chi connectivity index (χ2v) is 8.02. The van der Waals surface area contributed by atoms with Gasteiger partial charge in [-0.3, -0.25) is 4.79 Å². The zero-order valence-electron chi connectivity index (χ0n) is 14.1. The van der Waals surface area contributed by atoms with E-state index in [4.69, 9.17) is 39.2 Å². The number of amides is 1. The number of carbonyl (C=O) groups is 1. The molecule has 28 heavy (non-hydrogen) atoms. The Balaban J connectivity index is 1.67. The van der Waals surface area contributed by atoms with Gasteiger partial charge in [-0.2, -0.15) is 0 Å². The first kappa shape index (κ1) is 19.2. The topological polar surface area (TPSA) is 54.6 Å². The molecule has 0 unspecified atom stereocenters. The van der Waals surface area contributed by atoms with Gasteiger partial charge >= 0.3 is 0 Å². The van der Waals surface area contributed by atoms with Crippen LogP contribution in [0.4, 0.5) is 10.5 Å². The highest BCUT2D eigenvalue weighted by Crippen LogP contribution is 2.36. The molecule has 0 radical (unpaired) electrons. The van der Waals surface area contributed by atoms with E-state index in [9.17, 15) is 4.79 Å². The molecular weight excluding hydrogens is 439 g/mol. The van der Waals surface area contributed by atoms with Crippen molar-refractivity contribution in [1.29, 1.82) is 0 Å². The van der Waals surface area contributed by atoms with Gasteiger partial charge in [0.2, 0.25) is 0 Å². The number of furan rings is 1. The molecule has 0 aliphatic carbocycles. The van der Waals surface area contributed by atoms with E-state index in [1.54, 1.807) is 60.7 Å². The Morgan fingerprint density at radius 2 is 1.68 bits per heavy atom. The number of nitrogens with zero attached hydrogens (tertiary/aromatic N) is 1. The lowest BCUT2D eigenvalue weighted by atomic mass is 10.2. The molecule has 1 aliphatic heterocycles. The monoisotopic (exact) mass is 448 g/mol. The van der Waals surface area contributed by atoms with Crippen LogP contribution in [-0.2, 0) is 0 Å². The summed E-state index contributed by atoms with van der Waals surface area (Å²) in [4.78, 5) is 17.0. The molecule has 140 valence electrons. The second-order valence-electron chi connectivity index (χ2n) is 5.76. The lowest BCUT2D eigenvalue weighted by Crippen LogP contribution is -2.18. The molecule has 1 aromatic heterocycles. The summed E-state index contributed by atoms with van der Waals surface area (Å²) >= 11 is 19.4. The summed E-state index contributed by atoms with van der Waals surface area (Å²) in [5.74, 6) is 1.54. The number of carbonyl (C=O) groups excluding carboxylic acids is 1. The molecule has 4 rings (SSSR count). The molecule has 2 heterocycles. The van der Waals surface area contributed by atoms with Crippen molar-refractivity contribution >= 4 is 69.4 Å². The summed E-state index contributed by atoms with van der Waals surface area (Å²) in [5, 5.41) is 4.14. The molecule has 1 amide bonds. The van der Waals surface area contributed by atoms with Crippen LogP contribution in [0.15, 0.2) is 68.9 Å². The highest BCUT2D eigenvalue weighted by Gasteiger charge is 2.24. The number of amidine groups is 1. The van der Waals surface area contributed by atoms with E-state index in [0.29, 0.717) is 48.6 Å². The Labute approximate surface area is 180 Å². The van der Waals surface area contributed by atoms with Crippen molar-refractivity contribution in [2.24, 2.45) is 4.99 Å². The van der Waals surface area contributed by atoms with Gasteiger partial charge in [0, 0.05) is 5.02 Å². The Kier molecular flexibility index (Phi) is 5.51. The predicted molar refractivity (Wildman–Crippen MR) is 117 cm³/mol. The van der Waals surface area contributed by atoms with Crippen LogP contribution in [0.1, 0.15) is 5.76 Å². The Morgan fingerprint density at radius 1 is 0.964 bits per heavy atom. The van der Waals surface area contributed by atoms with Crippen LogP contribution in [0, 0.1) is 0 Å².